The van der Waals surface area contributed by atoms with Gasteiger partial charge in [0.05, 0.1) is 6.10 Å². The largest absolute Gasteiger partial charge is 0.393 e. The molecule has 0 radical (unpaired) electrons. The summed E-state index contributed by atoms with van der Waals surface area (Å²) in [6.07, 6.45) is 7.25. The van der Waals surface area contributed by atoms with Crippen molar-refractivity contribution in [2.75, 3.05) is 6.54 Å². The molecule has 2 nitrogen and oxygen atoms in total. The molecule has 2 rings (SSSR count). The van der Waals surface area contributed by atoms with Gasteiger partial charge in [0.15, 0.2) is 0 Å². The Balaban J connectivity index is 1.90. The van der Waals surface area contributed by atoms with E-state index in [1.165, 1.54) is 25.7 Å². The van der Waals surface area contributed by atoms with Crippen molar-refractivity contribution in [3.63, 3.8) is 0 Å². The Hall–Kier alpha value is -0.0800. The van der Waals surface area contributed by atoms with E-state index < -0.39 is 0 Å². The Morgan fingerprint density at radius 1 is 1.00 bits per heavy atom. The zero-order chi connectivity index (χ0) is 9.26. The van der Waals surface area contributed by atoms with E-state index in [0.717, 1.165) is 37.1 Å². The van der Waals surface area contributed by atoms with E-state index >= 15 is 0 Å². The summed E-state index contributed by atoms with van der Waals surface area (Å²) in [7, 11) is 0. The number of aliphatic hydroxyl groups excluding tert-OH is 1. The number of aliphatic hydroxyl groups is 1. The third-order valence-corrected chi connectivity index (χ3v) is 4.03. The van der Waals surface area contributed by atoms with Crippen molar-refractivity contribution in [1.82, 2.24) is 0 Å². The van der Waals surface area contributed by atoms with Crippen molar-refractivity contribution in [1.29, 1.82) is 0 Å². The molecule has 76 valence electrons. The molecule has 0 aromatic rings. The first-order chi connectivity index (χ1) is 6.29. The van der Waals surface area contributed by atoms with E-state index in [1.54, 1.807) is 0 Å². The van der Waals surface area contributed by atoms with Crippen LogP contribution in [0.4, 0.5) is 0 Å². The molecule has 2 saturated carbocycles. The predicted molar refractivity (Wildman–Crippen MR) is 53.2 cm³/mol. The van der Waals surface area contributed by atoms with Gasteiger partial charge in [0.25, 0.3) is 0 Å². The van der Waals surface area contributed by atoms with Crippen LogP contribution >= 0.6 is 0 Å². The fraction of sp³-hybridized carbons (Fsp3) is 1.00. The summed E-state index contributed by atoms with van der Waals surface area (Å²) in [5, 5.41) is 9.55. The highest BCUT2D eigenvalue weighted by Gasteiger charge is 2.34. The predicted octanol–water partition coefficient (Wildman–Crippen LogP) is 1.52. The fourth-order valence-corrected chi connectivity index (χ4v) is 3.18. The monoisotopic (exact) mass is 183 g/mol. The van der Waals surface area contributed by atoms with Gasteiger partial charge >= 0.3 is 0 Å². The van der Waals surface area contributed by atoms with Crippen molar-refractivity contribution in [2.24, 2.45) is 23.5 Å². The lowest BCUT2D eigenvalue weighted by Gasteiger charge is -2.40. The summed E-state index contributed by atoms with van der Waals surface area (Å²) in [5.41, 5.74) is 5.70. The van der Waals surface area contributed by atoms with E-state index in [2.05, 4.69) is 0 Å². The molecule has 3 N–H and O–H groups in total. The molecule has 0 aliphatic heterocycles. The van der Waals surface area contributed by atoms with Gasteiger partial charge in [-0.25, -0.2) is 0 Å². The van der Waals surface area contributed by atoms with Crippen LogP contribution in [-0.2, 0) is 0 Å². The van der Waals surface area contributed by atoms with Crippen LogP contribution in [0.15, 0.2) is 0 Å². The molecule has 2 heteroatoms. The summed E-state index contributed by atoms with van der Waals surface area (Å²) in [5.74, 6) is 2.47. The highest BCUT2D eigenvalue weighted by atomic mass is 16.3. The quantitative estimate of drug-likeness (QED) is 0.647. The Kier molecular flexibility index (Phi) is 2.89. The molecule has 2 aliphatic rings. The molecule has 0 spiro atoms. The van der Waals surface area contributed by atoms with Crippen molar-refractivity contribution in [3.05, 3.63) is 0 Å². The minimum absolute atomic E-state index is 0.00400. The van der Waals surface area contributed by atoms with Gasteiger partial charge in [-0.3, -0.25) is 0 Å². The van der Waals surface area contributed by atoms with Crippen molar-refractivity contribution in [2.45, 2.75) is 44.6 Å². The lowest BCUT2D eigenvalue weighted by atomic mass is 9.67. The second-order valence-corrected chi connectivity index (χ2v) is 4.90. The zero-order valence-corrected chi connectivity index (χ0v) is 8.28. The molecule has 0 aromatic heterocycles. The van der Waals surface area contributed by atoms with Crippen molar-refractivity contribution < 1.29 is 5.11 Å². The van der Waals surface area contributed by atoms with Gasteiger partial charge in [0.2, 0.25) is 0 Å². The van der Waals surface area contributed by atoms with Crippen LogP contribution in [0.1, 0.15) is 38.5 Å². The molecule has 2 aliphatic carbocycles. The third kappa shape index (κ3) is 2.05. The molecule has 13 heavy (non-hydrogen) atoms. The van der Waals surface area contributed by atoms with Crippen LogP contribution in [0.3, 0.4) is 0 Å². The van der Waals surface area contributed by atoms with Gasteiger partial charge in [-0.05, 0) is 62.8 Å². The summed E-state index contributed by atoms with van der Waals surface area (Å²) >= 11 is 0. The summed E-state index contributed by atoms with van der Waals surface area (Å²) in [6, 6.07) is 0. The Morgan fingerprint density at radius 2 is 1.69 bits per heavy atom. The number of rotatable bonds is 1. The number of nitrogens with two attached hydrogens (primary N) is 1. The molecule has 0 amide bonds. The molecular formula is C11H21NO. The molecule has 0 aromatic carbocycles. The lowest BCUT2D eigenvalue weighted by Crippen LogP contribution is -2.34. The first-order valence-electron chi connectivity index (χ1n) is 5.67. The van der Waals surface area contributed by atoms with E-state index in [9.17, 15) is 5.11 Å². The molecule has 4 atom stereocenters. The molecule has 2 fully saturated rings. The minimum Gasteiger partial charge on any atom is -0.393 e. The zero-order valence-electron chi connectivity index (χ0n) is 8.28. The van der Waals surface area contributed by atoms with Crippen LogP contribution in [0.2, 0.25) is 0 Å². The topological polar surface area (TPSA) is 46.2 Å². The van der Waals surface area contributed by atoms with Gasteiger partial charge < -0.3 is 10.8 Å². The highest BCUT2D eigenvalue weighted by molar-refractivity contribution is 4.86. The smallest absolute Gasteiger partial charge is 0.0543 e. The Labute approximate surface area is 80.5 Å². The Morgan fingerprint density at radius 3 is 2.46 bits per heavy atom. The third-order valence-electron chi connectivity index (χ3n) is 4.03. The molecule has 0 heterocycles. The number of fused-ring (bicyclic) bond motifs is 1. The van der Waals surface area contributed by atoms with Gasteiger partial charge in [-0.1, -0.05) is 0 Å². The SMILES string of the molecule is NCC1CCC2CC(O)CCC2C1. The maximum Gasteiger partial charge on any atom is 0.0543 e. The maximum atomic E-state index is 9.55. The summed E-state index contributed by atoms with van der Waals surface area (Å²) in [6.45, 7) is 0.867. The molecular weight excluding hydrogens is 162 g/mol. The van der Waals surface area contributed by atoms with Crippen LogP contribution in [0.5, 0.6) is 0 Å². The van der Waals surface area contributed by atoms with Gasteiger partial charge in [-0.2, -0.15) is 0 Å². The summed E-state index contributed by atoms with van der Waals surface area (Å²) in [4.78, 5) is 0. The molecule has 0 bridgehead atoms. The second kappa shape index (κ2) is 3.97. The molecule has 4 unspecified atom stereocenters. The van der Waals surface area contributed by atoms with E-state index in [4.69, 9.17) is 5.73 Å². The maximum absolute atomic E-state index is 9.55. The van der Waals surface area contributed by atoms with Crippen LogP contribution in [0, 0.1) is 17.8 Å². The van der Waals surface area contributed by atoms with Crippen LogP contribution in [0.25, 0.3) is 0 Å². The van der Waals surface area contributed by atoms with Crippen LogP contribution in [-0.4, -0.2) is 17.8 Å². The van der Waals surface area contributed by atoms with Crippen molar-refractivity contribution >= 4 is 0 Å². The standard InChI is InChI=1S/C11H21NO/c12-7-8-1-2-10-6-11(13)4-3-9(10)5-8/h8-11,13H,1-7,12H2. The summed E-state index contributed by atoms with van der Waals surface area (Å²) < 4.78 is 0. The second-order valence-electron chi connectivity index (χ2n) is 4.90. The van der Waals surface area contributed by atoms with E-state index in [0.29, 0.717) is 0 Å². The highest BCUT2D eigenvalue weighted by Crippen LogP contribution is 2.42. The average Bonchev–Trinajstić information content (AvgIpc) is 2.17. The van der Waals surface area contributed by atoms with Crippen LogP contribution < -0.4 is 5.73 Å². The first kappa shape index (κ1) is 9.47. The fourth-order valence-electron chi connectivity index (χ4n) is 3.18. The Bertz CT molecular complexity index is 171. The minimum atomic E-state index is -0.00400. The van der Waals surface area contributed by atoms with Gasteiger partial charge in [0, 0.05) is 0 Å². The first-order valence-corrected chi connectivity index (χ1v) is 5.67. The van der Waals surface area contributed by atoms with E-state index in [1.807, 2.05) is 0 Å². The van der Waals surface area contributed by atoms with Gasteiger partial charge in [0.1, 0.15) is 0 Å². The number of hydrogen-bond acceptors (Lipinski definition) is 2. The lowest BCUT2D eigenvalue weighted by molar-refractivity contribution is 0.0364. The average molecular weight is 183 g/mol. The normalized spacial score (nSPS) is 45.7. The number of hydrogen-bond donors (Lipinski definition) is 2. The van der Waals surface area contributed by atoms with Gasteiger partial charge in [-0.15, -0.1) is 0 Å². The molecule has 0 saturated heterocycles. The van der Waals surface area contributed by atoms with E-state index in [-0.39, 0.29) is 6.10 Å². The van der Waals surface area contributed by atoms with Crippen molar-refractivity contribution in [3.8, 4) is 0 Å².